The molecule has 3 aliphatic rings. The average Bonchev–Trinajstić information content (AvgIpc) is 2.19. The molecule has 3 fully saturated rings. The van der Waals surface area contributed by atoms with E-state index in [1.807, 2.05) is 0 Å². The van der Waals surface area contributed by atoms with E-state index in [4.69, 9.17) is 9.47 Å². The SMILES string of the molecule is C=C1[C@@H]2C[C@@H](C)[C@H](COCOC)[C@H]1C2. The normalized spacial score (nSPS) is 40.9. The fourth-order valence-electron chi connectivity index (χ4n) is 3.02. The minimum Gasteiger partial charge on any atom is -0.359 e. The number of ether oxygens (including phenoxy) is 2. The molecule has 0 aromatic rings. The molecule has 0 N–H and O–H groups in total. The number of fused-ring (bicyclic) bond motifs is 2. The minimum atomic E-state index is 0.422. The number of allylic oxidation sites excluding steroid dienone is 1. The van der Waals surface area contributed by atoms with Gasteiger partial charge in [0, 0.05) is 7.11 Å². The summed E-state index contributed by atoms with van der Waals surface area (Å²) in [6, 6.07) is 0. The predicted molar refractivity (Wildman–Crippen MR) is 55.8 cm³/mol. The maximum atomic E-state index is 5.47. The van der Waals surface area contributed by atoms with Crippen LogP contribution in [0.3, 0.4) is 0 Å². The van der Waals surface area contributed by atoms with Crippen LogP contribution in [0.2, 0.25) is 0 Å². The monoisotopic (exact) mass is 196 g/mol. The number of hydrogen-bond donors (Lipinski definition) is 0. The summed E-state index contributed by atoms with van der Waals surface area (Å²) in [6.45, 7) is 7.77. The smallest absolute Gasteiger partial charge is 0.146 e. The van der Waals surface area contributed by atoms with Crippen LogP contribution in [0.5, 0.6) is 0 Å². The van der Waals surface area contributed by atoms with E-state index in [-0.39, 0.29) is 0 Å². The first-order chi connectivity index (χ1) is 6.74. The second-order valence-corrected chi connectivity index (χ2v) is 4.77. The van der Waals surface area contributed by atoms with Crippen LogP contribution in [0.1, 0.15) is 19.8 Å². The summed E-state index contributed by atoms with van der Waals surface area (Å²) in [5.41, 5.74) is 1.48. The van der Waals surface area contributed by atoms with Crippen molar-refractivity contribution in [1.29, 1.82) is 0 Å². The van der Waals surface area contributed by atoms with E-state index < -0.39 is 0 Å². The van der Waals surface area contributed by atoms with Crippen LogP contribution in [-0.4, -0.2) is 20.5 Å². The molecule has 2 bridgehead atoms. The zero-order chi connectivity index (χ0) is 10.1. The molecule has 0 heterocycles. The largest absolute Gasteiger partial charge is 0.359 e. The molecule has 0 radical (unpaired) electrons. The molecule has 0 spiro atoms. The summed E-state index contributed by atoms with van der Waals surface area (Å²) in [7, 11) is 1.67. The Morgan fingerprint density at radius 1 is 1.43 bits per heavy atom. The molecule has 0 unspecified atom stereocenters. The van der Waals surface area contributed by atoms with Crippen molar-refractivity contribution in [2.24, 2.45) is 23.7 Å². The molecular weight excluding hydrogens is 176 g/mol. The van der Waals surface area contributed by atoms with Gasteiger partial charge in [-0.25, -0.2) is 0 Å². The van der Waals surface area contributed by atoms with Gasteiger partial charge in [-0.05, 0) is 36.5 Å². The highest BCUT2D eigenvalue weighted by Gasteiger charge is 2.46. The van der Waals surface area contributed by atoms with Crippen molar-refractivity contribution < 1.29 is 9.47 Å². The zero-order valence-corrected chi connectivity index (χ0v) is 9.16. The van der Waals surface area contributed by atoms with Crippen LogP contribution < -0.4 is 0 Å². The van der Waals surface area contributed by atoms with Gasteiger partial charge in [0.05, 0.1) is 6.61 Å². The first-order valence-corrected chi connectivity index (χ1v) is 5.49. The quantitative estimate of drug-likeness (QED) is 0.390. The van der Waals surface area contributed by atoms with Gasteiger partial charge in [-0.2, -0.15) is 0 Å². The molecule has 4 atom stereocenters. The van der Waals surface area contributed by atoms with Crippen molar-refractivity contribution in [3.8, 4) is 0 Å². The summed E-state index contributed by atoms with van der Waals surface area (Å²) < 4.78 is 10.4. The van der Waals surface area contributed by atoms with E-state index >= 15 is 0 Å². The fraction of sp³-hybridized carbons (Fsp3) is 0.833. The standard InChI is InChI=1S/C12H20O2/c1-8-4-10-5-11(9(10)2)12(8)6-14-7-13-3/h8,10-12H,2,4-7H2,1,3H3/t8-,10-,11+,12+/m1/s1. The Bertz CT molecular complexity index is 224. The Morgan fingerprint density at radius 2 is 2.21 bits per heavy atom. The minimum absolute atomic E-state index is 0.422. The molecule has 2 nitrogen and oxygen atoms in total. The Kier molecular flexibility index (Phi) is 2.93. The van der Waals surface area contributed by atoms with Crippen LogP contribution in [0.25, 0.3) is 0 Å². The molecule has 3 rings (SSSR count). The van der Waals surface area contributed by atoms with Crippen molar-refractivity contribution in [1.82, 2.24) is 0 Å². The Balaban J connectivity index is 1.86. The van der Waals surface area contributed by atoms with Crippen LogP contribution in [0.4, 0.5) is 0 Å². The molecule has 0 aliphatic heterocycles. The van der Waals surface area contributed by atoms with E-state index in [0.717, 1.165) is 24.4 Å². The average molecular weight is 196 g/mol. The summed E-state index contributed by atoms with van der Waals surface area (Å²) in [5, 5.41) is 0. The lowest BCUT2D eigenvalue weighted by Crippen LogP contribution is -2.45. The first-order valence-electron chi connectivity index (χ1n) is 5.49. The molecule has 80 valence electrons. The van der Waals surface area contributed by atoms with E-state index in [9.17, 15) is 0 Å². The Hall–Kier alpha value is -0.340. The molecule has 0 amide bonds. The number of rotatable bonds is 4. The molecule has 0 aromatic carbocycles. The van der Waals surface area contributed by atoms with Crippen molar-refractivity contribution >= 4 is 0 Å². The van der Waals surface area contributed by atoms with Crippen LogP contribution in [0, 0.1) is 23.7 Å². The topological polar surface area (TPSA) is 18.5 Å². The van der Waals surface area contributed by atoms with Gasteiger partial charge in [0.2, 0.25) is 0 Å². The molecule has 2 heteroatoms. The Labute approximate surface area is 86.3 Å². The third-order valence-electron chi connectivity index (χ3n) is 3.95. The molecule has 3 aliphatic carbocycles. The van der Waals surface area contributed by atoms with Crippen LogP contribution in [0.15, 0.2) is 12.2 Å². The van der Waals surface area contributed by atoms with Gasteiger partial charge in [-0.1, -0.05) is 19.1 Å². The Morgan fingerprint density at radius 3 is 2.86 bits per heavy atom. The van der Waals surface area contributed by atoms with Crippen molar-refractivity contribution in [2.75, 3.05) is 20.5 Å². The van der Waals surface area contributed by atoms with Crippen molar-refractivity contribution in [2.45, 2.75) is 19.8 Å². The second kappa shape index (κ2) is 4.03. The molecule has 0 saturated heterocycles. The predicted octanol–water partition coefficient (Wildman–Crippen LogP) is 2.46. The molecular formula is C12H20O2. The highest BCUT2D eigenvalue weighted by molar-refractivity contribution is 5.21. The lowest BCUT2D eigenvalue weighted by molar-refractivity contribution is -0.0737. The van der Waals surface area contributed by atoms with Gasteiger partial charge < -0.3 is 9.47 Å². The van der Waals surface area contributed by atoms with Gasteiger partial charge in [-0.3, -0.25) is 0 Å². The third-order valence-corrected chi connectivity index (χ3v) is 3.95. The maximum Gasteiger partial charge on any atom is 0.146 e. The zero-order valence-electron chi connectivity index (χ0n) is 9.16. The fourth-order valence-corrected chi connectivity index (χ4v) is 3.02. The van der Waals surface area contributed by atoms with E-state index in [1.165, 1.54) is 18.4 Å². The number of methoxy groups -OCH3 is 1. The van der Waals surface area contributed by atoms with Crippen molar-refractivity contribution in [3.05, 3.63) is 12.2 Å². The van der Waals surface area contributed by atoms with Crippen LogP contribution >= 0.6 is 0 Å². The van der Waals surface area contributed by atoms with Gasteiger partial charge in [-0.15, -0.1) is 0 Å². The highest BCUT2D eigenvalue weighted by Crippen LogP contribution is 2.54. The second-order valence-electron chi connectivity index (χ2n) is 4.77. The van der Waals surface area contributed by atoms with Gasteiger partial charge in [0.15, 0.2) is 0 Å². The highest BCUT2D eigenvalue weighted by atomic mass is 16.7. The van der Waals surface area contributed by atoms with Gasteiger partial charge in [0.25, 0.3) is 0 Å². The lowest BCUT2D eigenvalue weighted by Gasteiger charge is -2.52. The first kappa shape index (κ1) is 10.2. The molecule has 14 heavy (non-hydrogen) atoms. The summed E-state index contributed by atoms with van der Waals surface area (Å²) in [4.78, 5) is 0. The van der Waals surface area contributed by atoms with Gasteiger partial charge >= 0.3 is 0 Å². The van der Waals surface area contributed by atoms with E-state index in [2.05, 4.69) is 13.5 Å². The maximum absolute atomic E-state index is 5.47. The summed E-state index contributed by atoms with van der Waals surface area (Å²) >= 11 is 0. The van der Waals surface area contributed by atoms with Gasteiger partial charge in [0.1, 0.15) is 6.79 Å². The lowest BCUT2D eigenvalue weighted by atomic mass is 9.54. The summed E-state index contributed by atoms with van der Waals surface area (Å²) in [6.07, 6.45) is 2.67. The third kappa shape index (κ3) is 1.61. The number of hydrogen-bond acceptors (Lipinski definition) is 2. The summed E-state index contributed by atoms with van der Waals surface area (Å²) in [5.74, 6) is 3.04. The van der Waals surface area contributed by atoms with E-state index in [1.54, 1.807) is 7.11 Å². The van der Waals surface area contributed by atoms with E-state index in [0.29, 0.717) is 12.7 Å². The van der Waals surface area contributed by atoms with Crippen LogP contribution in [-0.2, 0) is 9.47 Å². The van der Waals surface area contributed by atoms with Crippen molar-refractivity contribution in [3.63, 3.8) is 0 Å². The molecule has 0 aromatic heterocycles. The molecule has 3 saturated carbocycles.